The molecule has 2 rings (SSSR count). The van der Waals surface area contributed by atoms with Gasteiger partial charge in [-0.3, -0.25) is 0 Å². The molecular formula is C13H15BrN2O3S2. The Morgan fingerprint density at radius 2 is 2.05 bits per heavy atom. The highest BCUT2D eigenvalue weighted by molar-refractivity contribution is 9.10. The summed E-state index contributed by atoms with van der Waals surface area (Å²) in [6, 6.07) is 7.57. The molecule has 0 saturated carbocycles. The third-order valence-electron chi connectivity index (χ3n) is 2.59. The first kappa shape index (κ1) is 16.6. The minimum Gasteiger partial charge on any atom is -0.380 e. The number of halogens is 1. The van der Waals surface area contributed by atoms with Crippen molar-refractivity contribution in [1.29, 1.82) is 0 Å². The first-order valence-electron chi connectivity index (χ1n) is 6.32. The fraction of sp³-hybridized carbons (Fsp3) is 0.308. The highest BCUT2D eigenvalue weighted by atomic mass is 79.9. The lowest BCUT2D eigenvalue weighted by atomic mass is 10.2. The molecule has 1 heterocycles. The molecule has 0 spiro atoms. The maximum atomic E-state index is 12.1. The molecule has 0 radical (unpaired) electrons. The average Bonchev–Trinajstić information content (AvgIpc) is 2.95. The zero-order valence-corrected chi connectivity index (χ0v) is 14.6. The van der Waals surface area contributed by atoms with Crippen molar-refractivity contribution in [1.82, 2.24) is 9.71 Å². The molecular weight excluding hydrogens is 376 g/mol. The van der Waals surface area contributed by atoms with Gasteiger partial charge in [0.15, 0.2) is 5.03 Å². The summed E-state index contributed by atoms with van der Waals surface area (Å²) in [5.74, 6) is 0. The molecule has 2 aromatic rings. The van der Waals surface area contributed by atoms with Crippen molar-refractivity contribution < 1.29 is 13.2 Å². The van der Waals surface area contributed by atoms with E-state index in [4.69, 9.17) is 4.74 Å². The SMILES string of the molecule is CCOCCNS(=O)(=O)c1csc(-c2ccc(Br)cc2)n1. The lowest BCUT2D eigenvalue weighted by Gasteiger charge is -2.04. The zero-order valence-electron chi connectivity index (χ0n) is 11.4. The van der Waals surface area contributed by atoms with Crippen LogP contribution in [0.3, 0.4) is 0 Å². The smallest absolute Gasteiger partial charge is 0.258 e. The first-order valence-corrected chi connectivity index (χ1v) is 9.47. The summed E-state index contributed by atoms with van der Waals surface area (Å²) >= 11 is 4.66. The number of hydrogen-bond donors (Lipinski definition) is 1. The van der Waals surface area contributed by atoms with Gasteiger partial charge in [-0.05, 0) is 19.1 Å². The van der Waals surface area contributed by atoms with Crippen LogP contribution >= 0.6 is 27.3 Å². The maximum Gasteiger partial charge on any atom is 0.258 e. The van der Waals surface area contributed by atoms with E-state index in [9.17, 15) is 8.42 Å². The van der Waals surface area contributed by atoms with Crippen LogP contribution in [-0.2, 0) is 14.8 Å². The summed E-state index contributed by atoms with van der Waals surface area (Å²) in [6.45, 7) is 3.01. The minimum absolute atomic E-state index is 0.0434. The van der Waals surface area contributed by atoms with E-state index >= 15 is 0 Å². The van der Waals surface area contributed by atoms with Crippen LogP contribution in [-0.4, -0.2) is 33.2 Å². The molecule has 0 unspecified atom stereocenters. The van der Waals surface area contributed by atoms with Crippen LogP contribution in [0.4, 0.5) is 0 Å². The van der Waals surface area contributed by atoms with Gasteiger partial charge in [0.25, 0.3) is 10.0 Å². The van der Waals surface area contributed by atoms with E-state index < -0.39 is 10.0 Å². The van der Waals surface area contributed by atoms with E-state index in [0.29, 0.717) is 18.2 Å². The fourth-order valence-electron chi connectivity index (χ4n) is 1.57. The maximum absolute atomic E-state index is 12.1. The highest BCUT2D eigenvalue weighted by Gasteiger charge is 2.18. The second kappa shape index (κ2) is 7.46. The zero-order chi connectivity index (χ0) is 15.3. The van der Waals surface area contributed by atoms with Gasteiger partial charge in [-0.15, -0.1) is 11.3 Å². The second-order valence-corrected chi connectivity index (χ2v) is 7.58. The van der Waals surface area contributed by atoms with Crippen molar-refractivity contribution >= 4 is 37.3 Å². The van der Waals surface area contributed by atoms with E-state index in [0.717, 1.165) is 10.0 Å². The monoisotopic (exact) mass is 390 g/mol. The standard InChI is InChI=1S/C13H15BrN2O3S2/c1-2-19-8-7-15-21(17,18)12-9-20-13(16-12)10-3-5-11(14)6-4-10/h3-6,9,15H,2,7-8H2,1H3. The molecule has 0 aliphatic rings. The van der Waals surface area contributed by atoms with Crippen LogP contribution in [0.5, 0.6) is 0 Å². The van der Waals surface area contributed by atoms with Crippen molar-refractivity contribution in [3.05, 3.63) is 34.1 Å². The molecule has 114 valence electrons. The van der Waals surface area contributed by atoms with Gasteiger partial charge in [0.2, 0.25) is 0 Å². The number of aromatic nitrogens is 1. The van der Waals surface area contributed by atoms with Gasteiger partial charge in [0, 0.05) is 28.6 Å². The van der Waals surface area contributed by atoms with E-state index in [-0.39, 0.29) is 11.6 Å². The highest BCUT2D eigenvalue weighted by Crippen LogP contribution is 2.26. The van der Waals surface area contributed by atoms with Crippen LogP contribution in [0.15, 0.2) is 39.1 Å². The Morgan fingerprint density at radius 3 is 2.71 bits per heavy atom. The van der Waals surface area contributed by atoms with Crippen molar-refractivity contribution in [2.75, 3.05) is 19.8 Å². The average molecular weight is 391 g/mol. The number of sulfonamides is 1. The van der Waals surface area contributed by atoms with Gasteiger partial charge in [0.05, 0.1) is 6.61 Å². The number of nitrogens with zero attached hydrogens (tertiary/aromatic N) is 1. The van der Waals surface area contributed by atoms with Gasteiger partial charge in [0.1, 0.15) is 5.01 Å². The van der Waals surface area contributed by atoms with Gasteiger partial charge >= 0.3 is 0 Å². The Kier molecular flexibility index (Phi) is 5.88. The number of hydrogen-bond acceptors (Lipinski definition) is 5. The third kappa shape index (κ3) is 4.58. The molecule has 1 aromatic heterocycles. The molecule has 0 fully saturated rings. The Labute approximate surface area is 136 Å². The number of rotatable bonds is 7. The van der Waals surface area contributed by atoms with E-state index in [2.05, 4.69) is 25.6 Å². The first-order chi connectivity index (χ1) is 10.0. The Bertz CT molecular complexity index is 684. The van der Waals surface area contributed by atoms with E-state index in [1.54, 1.807) is 5.38 Å². The van der Waals surface area contributed by atoms with Crippen molar-refractivity contribution in [3.63, 3.8) is 0 Å². The van der Waals surface area contributed by atoms with Gasteiger partial charge in [-0.1, -0.05) is 28.1 Å². The molecule has 0 atom stereocenters. The number of benzene rings is 1. The number of thiazole rings is 1. The molecule has 0 saturated heterocycles. The molecule has 8 heteroatoms. The normalized spacial score (nSPS) is 11.7. The second-order valence-electron chi connectivity index (χ2n) is 4.09. The van der Waals surface area contributed by atoms with Crippen molar-refractivity contribution in [3.8, 4) is 10.6 Å². The predicted octanol–water partition coefficient (Wildman–Crippen LogP) is 2.89. The van der Waals surface area contributed by atoms with Crippen LogP contribution in [0, 0.1) is 0 Å². The molecule has 1 N–H and O–H groups in total. The molecule has 21 heavy (non-hydrogen) atoms. The van der Waals surface area contributed by atoms with Crippen LogP contribution < -0.4 is 4.72 Å². The molecule has 0 bridgehead atoms. The molecule has 0 amide bonds. The Morgan fingerprint density at radius 1 is 1.33 bits per heavy atom. The molecule has 1 aromatic carbocycles. The van der Waals surface area contributed by atoms with Crippen LogP contribution in [0.2, 0.25) is 0 Å². The molecule has 0 aliphatic heterocycles. The van der Waals surface area contributed by atoms with Crippen molar-refractivity contribution in [2.45, 2.75) is 11.9 Å². The quantitative estimate of drug-likeness (QED) is 0.737. The van der Waals surface area contributed by atoms with E-state index in [1.807, 2.05) is 31.2 Å². The van der Waals surface area contributed by atoms with Crippen LogP contribution in [0.1, 0.15) is 6.92 Å². The summed E-state index contributed by atoms with van der Waals surface area (Å²) in [7, 11) is -3.58. The third-order valence-corrected chi connectivity index (χ3v) is 5.51. The summed E-state index contributed by atoms with van der Waals surface area (Å²) in [4.78, 5) is 4.19. The van der Waals surface area contributed by atoms with Gasteiger partial charge in [-0.25, -0.2) is 18.1 Å². The van der Waals surface area contributed by atoms with Crippen LogP contribution in [0.25, 0.3) is 10.6 Å². The van der Waals surface area contributed by atoms with Gasteiger partial charge < -0.3 is 4.74 Å². The van der Waals surface area contributed by atoms with E-state index in [1.165, 1.54) is 11.3 Å². The summed E-state index contributed by atoms with van der Waals surface area (Å²) in [5, 5.41) is 2.26. The summed E-state index contributed by atoms with van der Waals surface area (Å²) in [5.41, 5.74) is 0.888. The largest absolute Gasteiger partial charge is 0.380 e. The topological polar surface area (TPSA) is 68.3 Å². The lowest BCUT2D eigenvalue weighted by Crippen LogP contribution is -2.27. The number of ether oxygens (including phenoxy) is 1. The van der Waals surface area contributed by atoms with Crippen molar-refractivity contribution in [2.24, 2.45) is 0 Å². The fourth-order valence-corrected chi connectivity index (χ4v) is 3.95. The van der Waals surface area contributed by atoms with Gasteiger partial charge in [-0.2, -0.15) is 0 Å². The minimum atomic E-state index is -3.58. The number of nitrogens with one attached hydrogen (secondary N) is 1. The molecule has 5 nitrogen and oxygen atoms in total. The molecule has 0 aliphatic carbocycles. The Hall–Kier alpha value is -0.800. The summed E-state index contributed by atoms with van der Waals surface area (Å²) < 4.78 is 32.7. The predicted molar refractivity (Wildman–Crippen MR) is 86.9 cm³/mol. The lowest BCUT2D eigenvalue weighted by molar-refractivity contribution is 0.153. The Balaban J connectivity index is 2.10. The summed E-state index contributed by atoms with van der Waals surface area (Å²) in [6.07, 6.45) is 0.